The minimum Gasteiger partial charge on any atom is -0.384 e. The molecule has 1 aromatic rings. The minimum atomic E-state index is -0.656. The number of aryl methyl sites for hydroxylation is 1. The second-order valence-electron chi connectivity index (χ2n) is 3.11. The SMILES string of the molecule is CCOC(C)C(O)c1c(Br)cnn1C. The van der Waals surface area contributed by atoms with Crippen molar-refractivity contribution in [3.05, 3.63) is 16.4 Å². The van der Waals surface area contributed by atoms with Crippen molar-refractivity contribution in [2.45, 2.75) is 26.1 Å². The third-order valence-electron chi connectivity index (χ3n) is 2.09. The van der Waals surface area contributed by atoms with Crippen LogP contribution in [0.25, 0.3) is 0 Å². The first-order chi connectivity index (χ1) is 6.57. The third-order valence-corrected chi connectivity index (χ3v) is 2.70. The van der Waals surface area contributed by atoms with Crippen LogP contribution in [0.3, 0.4) is 0 Å². The summed E-state index contributed by atoms with van der Waals surface area (Å²) in [5.41, 5.74) is 0.742. The van der Waals surface area contributed by atoms with Gasteiger partial charge in [-0.3, -0.25) is 4.68 Å². The summed E-state index contributed by atoms with van der Waals surface area (Å²) < 4.78 is 7.77. The zero-order valence-corrected chi connectivity index (χ0v) is 10.2. The quantitative estimate of drug-likeness (QED) is 0.898. The van der Waals surface area contributed by atoms with Crippen LogP contribution in [0.15, 0.2) is 10.7 Å². The molecule has 0 radical (unpaired) electrons. The lowest BCUT2D eigenvalue weighted by Gasteiger charge is -2.19. The molecular formula is C9H15BrN2O2. The van der Waals surface area contributed by atoms with Crippen LogP contribution in [0.2, 0.25) is 0 Å². The standard InChI is InChI=1S/C9H15BrN2O2/c1-4-14-6(2)9(13)8-7(10)5-11-12(8)3/h5-6,9,13H,4H2,1-3H3. The molecule has 0 saturated heterocycles. The second-order valence-corrected chi connectivity index (χ2v) is 3.96. The molecule has 0 aliphatic heterocycles. The topological polar surface area (TPSA) is 47.3 Å². The van der Waals surface area contributed by atoms with Gasteiger partial charge in [0.05, 0.1) is 22.5 Å². The van der Waals surface area contributed by atoms with E-state index < -0.39 is 6.10 Å². The number of aromatic nitrogens is 2. The molecule has 0 saturated carbocycles. The van der Waals surface area contributed by atoms with E-state index in [-0.39, 0.29) is 6.10 Å². The number of nitrogens with zero attached hydrogens (tertiary/aromatic N) is 2. The molecule has 4 nitrogen and oxygen atoms in total. The molecule has 0 aromatic carbocycles. The summed E-state index contributed by atoms with van der Waals surface area (Å²) in [7, 11) is 1.79. The van der Waals surface area contributed by atoms with E-state index >= 15 is 0 Å². The van der Waals surface area contributed by atoms with E-state index in [2.05, 4.69) is 21.0 Å². The van der Waals surface area contributed by atoms with E-state index in [1.807, 2.05) is 13.8 Å². The van der Waals surface area contributed by atoms with Gasteiger partial charge in [0.15, 0.2) is 0 Å². The highest BCUT2D eigenvalue weighted by Gasteiger charge is 2.22. The number of halogens is 1. The monoisotopic (exact) mass is 262 g/mol. The first kappa shape index (κ1) is 11.7. The van der Waals surface area contributed by atoms with Gasteiger partial charge in [-0.25, -0.2) is 0 Å². The maximum atomic E-state index is 9.95. The van der Waals surface area contributed by atoms with Crippen LogP contribution in [0, 0.1) is 0 Å². The molecule has 0 fully saturated rings. The summed E-state index contributed by atoms with van der Waals surface area (Å²) in [4.78, 5) is 0. The molecule has 14 heavy (non-hydrogen) atoms. The second kappa shape index (κ2) is 4.91. The Hall–Kier alpha value is -0.390. The maximum absolute atomic E-state index is 9.95. The Labute approximate surface area is 92.0 Å². The van der Waals surface area contributed by atoms with Crippen molar-refractivity contribution in [3.8, 4) is 0 Å². The molecule has 0 aliphatic rings. The fourth-order valence-electron chi connectivity index (χ4n) is 1.33. The number of aliphatic hydroxyl groups excluding tert-OH is 1. The molecule has 0 spiro atoms. The smallest absolute Gasteiger partial charge is 0.123 e. The Bertz CT molecular complexity index is 282. The predicted octanol–water partition coefficient (Wildman–Crippen LogP) is 1.64. The first-order valence-corrected chi connectivity index (χ1v) is 5.34. The van der Waals surface area contributed by atoms with Crippen molar-refractivity contribution >= 4 is 15.9 Å². The van der Waals surface area contributed by atoms with Gasteiger partial charge in [0.2, 0.25) is 0 Å². The molecule has 1 heterocycles. The van der Waals surface area contributed by atoms with Gasteiger partial charge < -0.3 is 9.84 Å². The highest BCUT2D eigenvalue weighted by Crippen LogP contribution is 2.25. The first-order valence-electron chi connectivity index (χ1n) is 4.55. The molecule has 1 aromatic heterocycles. The average molecular weight is 263 g/mol. The Morgan fingerprint density at radius 2 is 2.36 bits per heavy atom. The molecule has 2 atom stereocenters. The third kappa shape index (κ3) is 2.34. The Morgan fingerprint density at radius 3 is 2.79 bits per heavy atom. The fraction of sp³-hybridized carbons (Fsp3) is 0.667. The number of aliphatic hydroxyl groups is 1. The lowest BCUT2D eigenvalue weighted by molar-refractivity contribution is -0.0264. The summed E-state index contributed by atoms with van der Waals surface area (Å²) in [6.07, 6.45) is 0.778. The maximum Gasteiger partial charge on any atom is 0.123 e. The van der Waals surface area contributed by atoms with Crippen molar-refractivity contribution in [1.29, 1.82) is 0 Å². The van der Waals surface area contributed by atoms with Crippen molar-refractivity contribution in [1.82, 2.24) is 9.78 Å². The Morgan fingerprint density at radius 1 is 1.71 bits per heavy atom. The normalized spacial score (nSPS) is 15.5. The van der Waals surface area contributed by atoms with Crippen LogP contribution < -0.4 is 0 Å². The largest absolute Gasteiger partial charge is 0.384 e. The molecule has 0 amide bonds. The zero-order chi connectivity index (χ0) is 10.7. The molecule has 0 bridgehead atoms. The molecular weight excluding hydrogens is 248 g/mol. The molecule has 0 aliphatic carbocycles. The highest BCUT2D eigenvalue weighted by atomic mass is 79.9. The summed E-state index contributed by atoms with van der Waals surface area (Å²) in [5.74, 6) is 0. The lowest BCUT2D eigenvalue weighted by Crippen LogP contribution is -2.21. The zero-order valence-electron chi connectivity index (χ0n) is 8.57. The van der Waals surface area contributed by atoms with Crippen LogP contribution in [-0.2, 0) is 11.8 Å². The van der Waals surface area contributed by atoms with Gasteiger partial charge in [-0.15, -0.1) is 0 Å². The van der Waals surface area contributed by atoms with E-state index in [0.717, 1.165) is 10.2 Å². The van der Waals surface area contributed by atoms with Gasteiger partial charge in [0.1, 0.15) is 6.10 Å². The fourth-order valence-corrected chi connectivity index (χ4v) is 1.91. The van der Waals surface area contributed by atoms with Crippen molar-refractivity contribution in [2.24, 2.45) is 7.05 Å². The highest BCUT2D eigenvalue weighted by molar-refractivity contribution is 9.10. The number of ether oxygens (including phenoxy) is 1. The summed E-state index contributed by atoms with van der Waals surface area (Å²) in [6, 6.07) is 0. The molecule has 5 heteroatoms. The summed E-state index contributed by atoms with van der Waals surface area (Å²) in [5, 5.41) is 14.0. The van der Waals surface area contributed by atoms with Crippen molar-refractivity contribution in [3.63, 3.8) is 0 Å². The summed E-state index contributed by atoms with van der Waals surface area (Å²) in [6.45, 7) is 4.34. The molecule has 80 valence electrons. The Balaban J connectivity index is 2.82. The van der Waals surface area contributed by atoms with Gasteiger partial charge in [0.25, 0.3) is 0 Å². The number of hydrogen-bond acceptors (Lipinski definition) is 3. The van der Waals surface area contributed by atoms with Crippen molar-refractivity contribution in [2.75, 3.05) is 6.61 Å². The van der Waals surface area contributed by atoms with E-state index in [4.69, 9.17) is 4.74 Å². The van der Waals surface area contributed by atoms with Crippen LogP contribution in [0.1, 0.15) is 25.6 Å². The predicted molar refractivity (Wildman–Crippen MR) is 57.0 cm³/mol. The van der Waals surface area contributed by atoms with Crippen LogP contribution in [-0.4, -0.2) is 27.6 Å². The van der Waals surface area contributed by atoms with E-state index in [1.165, 1.54) is 0 Å². The van der Waals surface area contributed by atoms with Gasteiger partial charge in [-0.05, 0) is 29.8 Å². The molecule has 2 unspecified atom stereocenters. The Kier molecular flexibility index (Phi) is 4.10. The number of rotatable bonds is 4. The van der Waals surface area contributed by atoms with E-state index in [9.17, 15) is 5.11 Å². The van der Waals surface area contributed by atoms with Gasteiger partial charge >= 0.3 is 0 Å². The van der Waals surface area contributed by atoms with Gasteiger partial charge in [0, 0.05) is 13.7 Å². The average Bonchev–Trinajstić information content (AvgIpc) is 2.46. The van der Waals surface area contributed by atoms with Crippen LogP contribution in [0.5, 0.6) is 0 Å². The number of hydrogen-bond donors (Lipinski definition) is 1. The van der Waals surface area contributed by atoms with Gasteiger partial charge in [-0.2, -0.15) is 5.10 Å². The van der Waals surface area contributed by atoms with Crippen LogP contribution in [0.4, 0.5) is 0 Å². The van der Waals surface area contributed by atoms with Gasteiger partial charge in [-0.1, -0.05) is 0 Å². The summed E-state index contributed by atoms with van der Waals surface area (Å²) >= 11 is 3.34. The molecule has 1 N–H and O–H groups in total. The molecule has 1 rings (SSSR count). The lowest BCUT2D eigenvalue weighted by atomic mass is 10.1. The van der Waals surface area contributed by atoms with Crippen LogP contribution >= 0.6 is 15.9 Å². The van der Waals surface area contributed by atoms with E-state index in [0.29, 0.717) is 6.61 Å². The van der Waals surface area contributed by atoms with E-state index in [1.54, 1.807) is 17.9 Å². The minimum absolute atomic E-state index is 0.230. The van der Waals surface area contributed by atoms with Crippen molar-refractivity contribution < 1.29 is 9.84 Å².